The highest BCUT2D eigenvalue weighted by Crippen LogP contribution is 2.26. The first-order valence-corrected chi connectivity index (χ1v) is 6.33. The zero-order valence-corrected chi connectivity index (χ0v) is 10.7. The molecule has 0 aliphatic heterocycles. The minimum atomic E-state index is -0.604. The number of aliphatic hydroxyl groups is 1. The van der Waals surface area contributed by atoms with Gasteiger partial charge < -0.3 is 5.11 Å². The number of aryl methyl sites for hydroxylation is 1. The summed E-state index contributed by atoms with van der Waals surface area (Å²) in [5.41, 5.74) is 2.82. The van der Waals surface area contributed by atoms with Gasteiger partial charge in [0.25, 0.3) is 0 Å². The monoisotopic (exact) mass is 249 g/mol. The summed E-state index contributed by atoms with van der Waals surface area (Å²) in [5.74, 6) is 0. The second-order valence-corrected chi connectivity index (χ2v) is 4.74. The van der Waals surface area contributed by atoms with Crippen molar-refractivity contribution in [2.45, 2.75) is 13.0 Å². The van der Waals surface area contributed by atoms with E-state index in [0.29, 0.717) is 0 Å². The van der Waals surface area contributed by atoms with E-state index >= 15 is 0 Å². The molecule has 0 aliphatic carbocycles. The van der Waals surface area contributed by atoms with Crippen LogP contribution in [0.15, 0.2) is 60.9 Å². The second kappa shape index (κ2) is 4.82. The zero-order valence-electron chi connectivity index (χ0n) is 10.7. The number of hydrogen-bond acceptors (Lipinski definition) is 2. The quantitative estimate of drug-likeness (QED) is 0.752. The van der Waals surface area contributed by atoms with Crippen LogP contribution in [0.25, 0.3) is 10.8 Å². The van der Waals surface area contributed by atoms with Crippen LogP contribution in [0.5, 0.6) is 0 Å². The average molecular weight is 249 g/mol. The molecule has 1 N–H and O–H groups in total. The summed E-state index contributed by atoms with van der Waals surface area (Å²) in [6, 6.07) is 16.1. The van der Waals surface area contributed by atoms with Crippen molar-refractivity contribution in [2.24, 2.45) is 0 Å². The summed E-state index contributed by atoms with van der Waals surface area (Å²) in [6.07, 6.45) is 2.89. The number of rotatable bonds is 2. The van der Waals surface area contributed by atoms with Crippen LogP contribution in [-0.4, -0.2) is 10.1 Å². The van der Waals surface area contributed by atoms with Crippen LogP contribution < -0.4 is 0 Å². The van der Waals surface area contributed by atoms with Gasteiger partial charge in [0.1, 0.15) is 6.10 Å². The van der Waals surface area contributed by atoms with Gasteiger partial charge in [-0.15, -0.1) is 0 Å². The third kappa shape index (κ3) is 2.23. The molecule has 0 aliphatic rings. The van der Waals surface area contributed by atoms with Crippen LogP contribution >= 0.6 is 0 Å². The standard InChI is InChI=1S/C17H15NO/c1-12-11-18-9-8-16(12)17(19)15-7-6-13-4-2-3-5-14(13)10-15/h2-11,17,19H,1H3. The van der Waals surface area contributed by atoms with E-state index in [1.165, 1.54) is 5.39 Å². The molecule has 1 unspecified atom stereocenters. The number of fused-ring (bicyclic) bond motifs is 1. The molecule has 0 radical (unpaired) electrons. The van der Waals surface area contributed by atoms with E-state index in [0.717, 1.165) is 22.1 Å². The Balaban J connectivity index is 2.07. The molecule has 0 saturated heterocycles. The van der Waals surface area contributed by atoms with E-state index in [-0.39, 0.29) is 0 Å². The first kappa shape index (κ1) is 11.9. The molecule has 2 heteroatoms. The minimum absolute atomic E-state index is 0.604. The maximum Gasteiger partial charge on any atom is 0.104 e. The molecule has 1 aromatic heterocycles. The number of hydrogen-bond donors (Lipinski definition) is 1. The molecule has 0 saturated carbocycles. The lowest BCUT2D eigenvalue weighted by Gasteiger charge is -2.14. The van der Waals surface area contributed by atoms with Gasteiger partial charge in [-0.05, 0) is 46.5 Å². The lowest BCUT2D eigenvalue weighted by atomic mass is 9.97. The normalized spacial score (nSPS) is 12.5. The highest BCUT2D eigenvalue weighted by atomic mass is 16.3. The molecule has 0 amide bonds. The topological polar surface area (TPSA) is 33.1 Å². The highest BCUT2D eigenvalue weighted by molar-refractivity contribution is 5.83. The maximum absolute atomic E-state index is 10.5. The van der Waals surface area contributed by atoms with Gasteiger partial charge in [0.15, 0.2) is 0 Å². The summed E-state index contributed by atoms with van der Waals surface area (Å²) >= 11 is 0. The van der Waals surface area contributed by atoms with E-state index in [1.807, 2.05) is 43.3 Å². The second-order valence-electron chi connectivity index (χ2n) is 4.74. The Labute approximate surface area is 112 Å². The molecule has 2 nitrogen and oxygen atoms in total. The molecule has 0 bridgehead atoms. The molecular weight excluding hydrogens is 234 g/mol. The van der Waals surface area contributed by atoms with E-state index < -0.39 is 6.10 Å². The average Bonchev–Trinajstić information content (AvgIpc) is 2.46. The fourth-order valence-electron chi connectivity index (χ4n) is 2.35. The van der Waals surface area contributed by atoms with Gasteiger partial charge >= 0.3 is 0 Å². The van der Waals surface area contributed by atoms with Gasteiger partial charge in [-0.1, -0.05) is 36.4 Å². The molecule has 0 fully saturated rings. The lowest BCUT2D eigenvalue weighted by molar-refractivity contribution is 0.219. The SMILES string of the molecule is Cc1cnccc1C(O)c1ccc2ccccc2c1. The van der Waals surface area contributed by atoms with Gasteiger partial charge in [-0.25, -0.2) is 0 Å². The Hall–Kier alpha value is -2.19. The van der Waals surface area contributed by atoms with E-state index in [2.05, 4.69) is 17.1 Å². The first-order valence-electron chi connectivity index (χ1n) is 6.33. The van der Waals surface area contributed by atoms with Crippen LogP contribution in [0.3, 0.4) is 0 Å². The van der Waals surface area contributed by atoms with Gasteiger partial charge in [-0.2, -0.15) is 0 Å². The van der Waals surface area contributed by atoms with Gasteiger partial charge in [0, 0.05) is 12.4 Å². The Morgan fingerprint density at radius 2 is 1.79 bits per heavy atom. The molecule has 2 aromatic carbocycles. The van der Waals surface area contributed by atoms with Crippen molar-refractivity contribution in [1.82, 2.24) is 4.98 Å². The Morgan fingerprint density at radius 3 is 2.58 bits per heavy atom. The summed E-state index contributed by atoms with van der Waals surface area (Å²) in [4.78, 5) is 4.06. The van der Waals surface area contributed by atoms with Crippen LogP contribution in [0.4, 0.5) is 0 Å². The molecule has 3 aromatic rings. The summed E-state index contributed by atoms with van der Waals surface area (Å²) in [5, 5.41) is 12.8. The third-order valence-electron chi connectivity index (χ3n) is 3.45. The van der Waals surface area contributed by atoms with Crippen molar-refractivity contribution in [3.05, 3.63) is 77.6 Å². The first-order chi connectivity index (χ1) is 9.25. The largest absolute Gasteiger partial charge is 0.384 e. The summed E-state index contributed by atoms with van der Waals surface area (Å²) < 4.78 is 0. The Bertz CT molecular complexity index is 721. The number of nitrogens with zero attached hydrogens (tertiary/aromatic N) is 1. The maximum atomic E-state index is 10.5. The van der Waals surface area contributed by atoms with Crippen molar-refractivity contribution in [1.29, 1.82) is 0 Å². The molecule has 94 valence electrons. The molecule has 1 heterocycles. The summed E-state index contributed by atoms with van der Waals surface area (Å²) in [6.45, 7) is 1.96. The number of aromatic nitrogens is 1. The predicted octanol–water partition coefficient (Wildman–Crippen LogP) is 3.62. The van der Waals surface area contributed by atoms with Crippen molar-refractivity contribution in [2.75, 3.05) is 0 Å². The minimum Gasteiger partial charge on any atom is -0.384 e. The highest BCUT2D eigenvalue weighted by Gasteiger charge is 2.12. The fraction of sp³-hybridized carbons (Fsp3) is 0.118. The molecule has 1 atom stereocenters. The number of aliphatic hydroxyl groups excluding tert-OH is 1. The van der Waals surface area contributed by atoms with Gasteiger partial charge in [0.05, 0.1) is 0 Å². The predicted molar refractivity (Wildman–Crippen MR) is 77.0 cm³/mol. The number of pyridine rings is 1. The zero-order chi connectivity index (χ0) is 13.2. The van der Waals surface area contributed by atoms with Crippen LogP contribution in [0.2, 0.25) is 0 Å². The lowest BCUT2D eigenvalue weighted by Crippen LogP contribution is -2.02. The van der Waals surface area contributed by atoms with E-state index in [1.54, 1.807) is 12.4 Å². The van der Waals surface area contributed by atoms with Crippen molar-refractivity contribution >= 4 is 10.8 Å². The molecule has 3 rings (SSSR count). The van der Waals surface area contributed by atoms with E-state index in [9.17, 15) is 5.11 Å². The smallest absolute Gasteiger partial charge is 0.104 e. The van der Waals surface area contributed by atoms with Crippen molar-refractivity contribution in [3.63, 3.8) is 0 Å². The molecular formula is C17H15NO. The summed E-state index contributed by atoms with van der Waals surface area (Å²) in [7, 11) is 0. The van der Waals surface area contributed by atoms with Gasteiger partial charge in [0.2, 0.25) is 0 Å². The van der Waals surface area contributed by atoms with Gasteiger partial charge in [-0.3, -0.25) is 4.98 Å². The fourth-order valence-corrected chi connectivity index (χ4v) is 2.35. The number of benzene rings is 2. The van der Waals surface area contributed by atoms with Crippen molar-refractivity contribution < 1.29 is 5.11 Å². The molecule has 0 spiro atoms. The third-order valence-corrected chi connectivity index (χ3v) is 3.45. The van der Waals surface area contributed by atoms with E-state index in [4.69, 9.17) is 0 Å². The Morgan fingerprint density at radius 1 is 1.00 bits per heavy atom. The van der Waals surface area contributed by atoms with Crippen LogP contribution in [0, 0.1) is 6.92 Å². The van der Waals surface area contributed by atoms with Crippen LogP contribution in [0.1, 0.15) is 22.8 Å². The molecule has 19 heavy (non-hydrogen) atoms. The van der Waals surface area contributed by atoms with Crippen molar-refractivity contribution in [3.8, 4) is 0 Å². The van der Waals surface area contributed by atoms with Crippen LogP contribution in [-0.2, 0) is 0 Å². The Kier molecular flexibility index (Phi) is 3.02.